The van der Waals surface area contributed by atoms with Crippen molar-refractivity contribution in [2.24, 2.45) is 0 Å². The van der Waals surface area contributed by atoms with Gasteiger partial charge in [-0.25, -0.2) is 8.42 Å². The van der Waals surface area contributed by atoms with E-state index >= 15 is 0 Å². The fourth-order valence-corrected chi connectivity index (χ4v) is 3.39. The van der Waals surface area contributed by atoms with Crippen LogP contribution in [0.15, 0.2) is 42.5 Å². The molecule has 2 rings (SSSR count). The fraction of sp³-hybridized carbons (Fsp3) is 0.278. The summed E-state index contributed by atoms with van der Waals surface area (Å²) in [7, 11) is -0.431. The number of ketones is 1. The number of benzene rings is 2. The highest BCUT2D eigenvalue weighted by Gasteiger charge is 2.12. The van der Waals surface area contributed by atoms with Crippen LogP contribution < -0.4 is 14.2 Å². The van der Waals surface area contributed by atoms with Crippen LogP contribution in [0.5, 0.6) is 11.5 Å². The average molecular weight is 363 g/mol. The fourth-order valence-electron chi connectivity index (χ4n) is 2.29. The van der Waals surface area contributed by atoms with Gasteiger partial charge in [-0.3, -0.25) is 9.52 Å². The zero-order chi connectivity index (χ0) is 18.4. The molecule has 0 spiro atoms. The largest absolute Gasteiger partial charge is 0.493 e. The number of aryl methyl sites for hydroxylation is 1. The molecule has 1 N–H and O–H groups in total. The number of hydrogen-bond donors (Lipinski definition) is 1. The number of carbonyl (C=O) groups excluding carboxylic acids is 1. The van der Waals surface area contributed by atoms with Crippen molar-refractivity contribution in [2.45, 2.75) is 13.3 Å². The van der Waals surface area contributed by atoms with Crippen molar-refractivity contribution in [1.82, 2.24) is 0 Å². The van der Waals surface area contributed by atoms with E-state index in [0.717, 1.165) is 5.56 Å². The lowest BCUT2D eigenvalue weighted by Crippen LogP contribution is -2.18. The average Bonchev–Trinajstić information content (AvgIpc) is 2.59. The van der Waals surface area contributed by atoms with Gasteiger partial charge in [-0.1, -0.05) is 6.07 Å². The zero-order valence-corrected chi connectivity index (χ0v) is 15.2. The monoisotopic (exact) mass is 363 g/mol. The molecule has 0 bridgehead atoms. The first kappa shape index (κ1) is 18.8. The Bertz CT molecular complexity index is 844. The predicted octanol–water partition coefficient (Wildman–Crippen LogP) is 2.89. The van der Waals surface area contributed by atoms with E-state index in [1.54, 1.807) is 49.6 Å². The Hall–Kier alpha value is -2.54. The molecule has 0 saturated heterocycles. The number of nitrogens with one attached hydrogen (secondary N) is 1. The van der Waals surface area contributed by atoms with Crippen LogP contribution >= 0.6 is 0 Å². The van der Waals surface area contributed by atoms with E-state index < -0.39 is 10.0 Å². The first-order chi connectivity index (χ1) is 11.8. The highest BCUT2D eigenvalue weighted by atomic mass is 32.2. The summed E-state index contributed by atoms with van der Waals surface area (Å²) in [4.78, 5) is 11.2. The van der Waals surface area contributed by atoms with Gasteiger partial charge < -0.3 is 9.47 Å². The van der Waals surface area contributed by atoms with E-state index in [1.807, 2.05) is 0 Å². The molecule has 7 heteroatoms. The second-order valence-electron chi connectivity index (χ2n) is 5.49. The van der Waals surface area contributed by atoms with Gasteiger partial charge in [0, 0.05) is 11.3 Å². The number of ether oxygens (including phenoxy) is 2. The van der Waals surface area contributed by atoms with Gasteiger partial charge in [-0.2, -0.15) is 0 Å². The normalized spacial score (nSPS) is 11.0. The molecule has 0 saturated carbocycles. The third-order valence-electron chi connectivity index (χ3n) is 3.67. The van der Waals surface area contributed by atoms with Crippen molar-refractivity contribution in [1.29, 1.82) is 0 Å². The minimum absolute atomic E-state index is 0.0668. The summed E-state index contributed by atoms with van der Waals surface area (Å²) in [6, 6.07) is 11.6. The van der Waals surface area contributed by atoms with E-state index in [-0.39, 0.29) is 11.5 Å². The standard InChI is InChI=1S/C18H21NO5S/c1-13(20)15-5-7-16(8-6-15)19-25(21,22)11-10-14-4-9-17(23-2)18(12-14)24-3/h4-9,12,19H,10-11H2,1-3H3. The number of Topliss-reactive ketones (excluding diaryl/α,β-unsaturated/α-hetero) is 1. The quantitative estimate of drug-likeness (QED) is 0.729. The van der Waals surface area contributed by atoms with E-state index in [2.05, 4.69) is 4.72 Å². The van der Waals surface area contributed by atoms with Gasteiger partial charge in [-0.05, 0) is 55.3 Å². The second kappa shape index (κ2) is 8.02. The number of methoxy groups -OCH3 is 2. The van der Waals surface area contributed by atoms with Crippen molar-refractivity contribution >= 4 is 21.5 Å². The highest BCUT2D eigenvalue weighted by molar-refractivity contribution is 7.92. The van der Waals surface area contributed by atoms with Gasteiger partial charge in [0.05, 0.1) is 20.0 Å². The summed E-state index contributed by atoms with van der Waals surface area (Å²) in [5, 5.41) is 0. The smallest absolute Gasteiger partial charge is 0.233 e. The number of carbonyl (C=O) groups is 1. The highest BCUT2D eigenvalue weighted by Crippen LogP contribution is 2.27. The molecule has 25 heavy (non-hydrogen) atoms. The van der Waals surface area contributed by atoms with Crippen LogP contribution in [-0.2, 0) is 16.4 Å². The predicted molar refractivity (Wildman–Crippen MR) is 97.1 cm³/mol. The Kier molecular flexibility index (Phi) is 6.03. The molecule has 2 aromatic rings. The Balaban J connectivity index is 2.02. The second-order valence-corrected chi connectivity index (χ2v) is 7.34. The van der Waals surface area contributed by atoms with Gasteiger partial charge in [0.15, 0.2) is 17.3 Å². The molecule has 2 aromatic carbocycles. The molecule has 134 valence electrons. The first-order valence-electron chi connectivity index (χ1n) is 7.67. The number of rotatable bonds is 8. The van der Waals surface area contributed by atoms with E-state index in [9.17, 15) is 13.2 Å². The molecule has 0 radical (unpaired) electrons. The zero-order valence-electron chi connectivity index (χ0n) is 14.4. The summed E-state index contributed by atoms with van der Waals surface area (Å²) in [5.74, 6) is 1.02. The van der Waals surface area contributed by atoms with Gasteiger partial charge in [-0.15, -0.1) is 0 Å². The van der Waals surface area contributed by atoms with E-state index in [1.165, 1.54) is 14.0 Å². The Morgan fingerprint density at radius 1 is 1.00 bits per heavy atom. The lowest BCUT2D eigenvalue weighted by Gasteiger charge is -2.11. The maximum Gasteiger partial charge on any atom is 0.233 e. The molecule has 0 atom stereocenters. The van der Waals surface area contributed by atoms with Crippen LogP contribution in [0, 0.1) is 0 Å². The minimum Gasteiger partial charge on any atom is -0.493 e. The molecular weight excluding hydrogens is 342 g/mol. The summed E-state index contributed by atoms with van der Waals surface area (Å²) in [6.45, 7) is 1.46. The third kappa shape index (κ3) is 5.22. The summed E-state index contributed by atoms with van der Waals surface area (Å²) in [6.07, 6.45) is 0.335. The molecule has 0 heterocycles. The molecule has 0 amide bonds. The van der Waals surface area contributed by atoms with Gasteiger partial charge >= 0.3 is 0 Å². The van der Waals surface area contributed by atoms with Gasteiger partial charge in [0.1, 0.15) is 0 Å². The summed E-state index contributed by atoms with van der Waals surface area (Å²) in [5.41, 5.74) is 1.79. The number of hydrogen-bond acceptors (Lipinski definition) is 5. The summed E-state index contributed by atoms with van der Waals surface area (Å²) < 4.78 is 37.4. The SMILES string of the molecule is COc1ccc(CCS(=O)(=O)Nc2ccc(C(C)=O)cc2)cc1OC. The van der Waals surface area contributed by atoms with Crippen LogP contribution in [-0.4, -0.2) is 34.2 Å². The molecule has 0 unspecified atom stereocenters. The van der Waals surface area contributed by atoms with Crippen LogP contribution in [0.1, 0.15) is 22.8 Å². The maximum absolute atomic E-state index is 12.2. The molecule has 0 aliphatic rings. The van der Waals surface area contributed by atoms with Crippen molar-refractivity contribution in [3.8, 4) is 11.5 Å². The number of anilines is 1. The number of sulfonamides is 1. The Morgan fingerprint density at radius 3 is 2.20 bits per heavy atom. The molecule has 0 fully saturated rings. The molecule has 0 aromatic heterocycles. The van der Waals surface area contributed by atoms with Crippen molar-refractivity contribution in [3.63, 3.8) is 0 Å². The van der Waals surface area contributed by atoms with Crippen molar-refractivity contribution < 1.29 is 22.7 Å². The Morgan fingerprint density at radius 2 is 1.64 bits per heavy atom. The Labute approximate surface area is 147 Å². The summed E-state index contributed by atoms with van der Waals surface area (Å²) >= 11 is 0. The van der Waals surface area contributed by atoms with Gasteiger partial charge in [0.25, 0.3) is 0 Å². The lowest BCUT2D eigenvalue weighted by atomic mass is 10.1. The van der Waals surface area contributed by atoms with E-state index in [4.69, 9.17) is 9.47 Å². The lowest BCUT2D eigenvalue weighted by molar-refractivity contribution is 0.101. The van der Waals surface area contributed by atoms with Crippen LogP contribution in [0.2, 0.25) is 0 Å². The van der Waals surface area contributed by atoms with Gasteiger partial charge in [0.2, 0.25) is 10.0 Å². The minimum atomic E-state index is -3.51. The van der Waals surface area contributed by atoms with Crippen molar-refractivity contribution in [3.05, 3.63) is 53.6 Å². The first-order valence-corrected chi connectivity index (χ1v) is 9.32. The molecule has 0 aliphatic carbocycles. The third-order valence-corrected chi connectivity index (χ3v) is 4.96. The van der Waals surface area contributed by atoms with Crippen LogP contribution in [0.3, 0.4) is 0 Å². The topological polar surface area (TPSA) is 81.7 Å². The molecule has 0 aliphatic heterocycles. The van der Waals surface area contributed by atoms with Crippen LogP contribution in [0.25, 0.3) is 0 Å². The molecule has 6 nitrogen and oxygen atoms in total. The van der Waals surface area contributed by atoms with Crippen molar-refractivity contribution in [2.75, 3.05) is 24.7 Å². The van der Waals surface area contributed by atoms with E-state index in [0.29, 0.717) is 29.2 Å². The maximum atomic E-state index is 12.2. The molecular formula is C18H21NO5S. The van der Waals surface area contributed by atoms with Crippen LogP contribution in [0.4, 0.5) is 5.69 Å².